The summed E-state index contributed by atoms with van der Waals surface area (Å²) in [5, 5.41) is 21.8. The van der Waals surface area contributed by atoms with Gasteiger partial charge in [-0.25, -0.2) is 14.6 Å². The van der Waals surface area contributed by atoms with Crippen molar-refractivity contribution in [2.75, 3.05) is 45.9 Å². The summed E-state index contributed by atoms with van der Waals surface area (Å²) < 4.78 is 10.8. The molecule has 2 aliphatic heterocycles. The largest absolute Gasteiger partial charge is 0.483 e. The van der Waals surface area contributed by atoms with Gasteiger partial charge in [-0.1, -0.05) is 6.07 Å². The van der Waals surface area contributed by atoms with E-state index in [1.165, 1.54) is 20.8 Å². The number of piperazine rings is 1. The molecule has 4 rings (SSSR count). The second-order valence-corrected chi connectivity index (χ2v) is 10.9. The van der Waals surface area contributed by atoms with Crippen LogP contribution < -0.4 is 10.1 Å². The van der Waals surface area contributed by atoms with Gasteiger partial charge in [0.15, 0.2) is 6.61 Å². The minimum Gasteiger partial charge on any atom is -0.483 e. The molecule has 3 N–H and O–H groups in total. The van der Waals surface area contributed by atoms with Crippen LogP contribution in [0, 0.1) is 6.92 Å². The van der Waals surface area contributed by atoms with Crippen molar-refractivity contribution in [3.8, 4) is 5.75 Å². The van der Waals surface area contributed by atoms with Gasteiger partial charge < -0.3 is 39.7 Å². The molecule has 2 atom stereocenters. The van der Waals surface area contributed by atoms with Crippen molar-refractivity contribution in [3.05, 3.63) is 35.5 Å². The molecular weight excluding hydrogens is 590 g/mol. The fourth-order valence-corrected chi connectivity index (χ4v) is 5.39. The average Bonchev–Trinajstić information content (AvgIpc) is 3.52. The maximum absolute atomic E-state index is 13.5. The number of pyridine rings is 1. The van der Waals surface area contributed by atoms with Crippen LogP contribution in [0.25, 0.3) is 10.9 Å². The first-order chi connectivity index (χ1) is 21.5. The second-order valence-electron chi connectivity index (χ2n) is 10.9. The van der Waals surface area contributed by atoms with Gasteiger partial charge in [-0.2, -0.15) is 0 Å². The van der Waals surface area contributed by atoms with Gasteiger partial charge >= 0.3 is 18.0 Å². The number of carbonyl (C=O) groups excluding carboxylic acids is 4. The summed E-state index contributed by atoms with van der Waals surface area (Å²) in [4.78, 5) is 83.3. The fourth-order valence-electron chi connectivity index (χ4n) is 5.39. The van der Waals surface area contributed by atoms with Crippen molar-refractivity contribution >= 4 is 46.7 Å². The zero-order valence-electron chi connectivity index (χ0n) is 25.2. The summed E-state index contributed by atoms with van der Waals surface area (Å²) in [5.41, 5.74) is 1.10. The Morgan fingerprint density at radius 1 is 1.02 bits per heavy atom. The van der Waals surface area contributed by atoms with Gasteiger partial charge in [0, 0.05) is 50.6 Å². The molecule has 1 aromatic carbocycles. The molecule has 4 amide bonds. The van der Waals surface area contributed by atoms with Crippen LogP contribution >= 0.6 is 0 Å². The van der Waals surface area contributed by atoms with E-state index in [1.807, 2.05) is 13.0 Å². The third-order valence-electron chi connectivity index (χ3n) is 7.74. The van der Waals surface area contributed by atoms with Crippen LogP contribution in [0.3, 0.4) is 0 Å². The molecule has 3 heterocycles. The van der Waals surface area contributed by atoms with Crippen LogP contribution in [-0.4, -0.2) is 124 Å². The predicted octanol–water partition coefficient (Wildman–Crippen LogP) is 1.26. The van der Waals surface area contributed by atoms with E-state index in [0.717, 1.165) is 5.56 Å². The zero-order chi connectivity index (χ0) is 32.7. The molecule has 15 nitrogen and oxygen atoms in total. The average molecular weight is 628 g/mol. The number of aryl methyl sites for hydroxylation is 1. The maximum atomic E-state index is 13.5. The number of aromatic nitrogens is 1. The van der Waals surface area contributed by atoms with Crippen molar-refractivity contribution in [2.24, 2.45) is 0 Å². The lowest BCUT2D eigenvalue weighted by Gasteiger charge is -2.35. The third-order valence-corrected chi connectivity index (χ3v) is 7.74. The maximum Gasteiger partial charge on any atom is 0.409 e. The number of carboxylic acid groups (broad SMARTS) is 2. The van der Waals surface area contributed by atoms with Crippen molar-refractivity contribution in [1.29, 1.82) is 0 Å². The first kappa shape index (κ1) is 33.0. The van der Waals surface area contributed by atoms with Crippen LogP contribution in [0.1, 0.15) is 48.7 Å². The number of hydrogen-bond donors (Lipinski definition) is 3. The summed E-state index contributed by atoms with van der Waals surface area (Å²) in [6, 6.07) is 4.47. The number of benzene rings is 1. The molecule has 0 saturated carbocycles. The van der Waals surface area contributed by atoms with E-state index in [-0.39, 0.29) is 57.1 Å². The first-order valence-corrected chi connectivity index (χ1v) is 14.8. The van der Waals surface area contributed by atoms with E-state index in [4.69, 9.17) is 9.47 Å². The van der Waals surface area contributed by atoms with Crippen LogP contribution in [0.15, 0.2) is 24.3 Å². The van der Waals surface area contributed by atoms with Gasteiger partial charge in [-0.05, 0) is 50.8 Å². The van der Waals surface area contributed by atoms with Crippen molar-refractivity contribution in [3.63, 3.8) is 0 Å². The molecule has 2 saturated heterocycles. The van der Waals surface area contributed by atoms with E-state index >= 15 is 0 Å². The Hall–Kier alpha value is -4.95. The van der Waals surface area contributed by atoms with Crippen molar-refractivity contribution in [1.82, 2.24) is 25.0 Å². The number of ether oxygens (including phenoxy) is 2. The van der Waals surface area contributed by atoms with Gasteiger partial charge in [-0.15, -0.1) is 0 Å². The summed E-state index contributed by atoms with van der Waals surface area (Å²) in [6.07, 6.45) is -0.129. The lowest BCUT2D eigenvalue weighted by molar-refractivity contribution is -0.148. The highest BCUT2D eigenvalue weighted by atomic mass is 16.6. The Morgan fingerprint density at radius 2 is 1.73 bits per heavy atom. The quantitative estimate of drug-likeness (QED) is 0.324. The molecule has 0 radical (unpaired) electrons. The number of likely N-dealkylation sites (tertiary alicyclic amines) is 1. The normalized spacial score (nSPS) is 17.1. The summed E-state index contributed by atoms with van der Waals surface area (Å²) in [7, 11) is 0. The highest BCUT2D eigenvalue weighted by Gasteiger charge is 2.34. The number of rotatable bonds is 11. The number of nitrogens with one attached hydrogen (secondary N) is 1. The Balaban J connectivity index is 1.52. The Bertz CT molecular complexity index is 1470. The van der Waals surface area contributed by atoms with Crippen LogP contribution in [0.2, 0.25) is 0 Å². The van der Waals surface area contributed by atoms with Gasteiger partial charge in [0.1, 0.15) is 23.5 Å². The van der Waals surface area contributed by atoms with Gasteiger partial charge in [0.2, 0.25) is 5.91 Å². The summed E-state index contributed by atoms with van der Waals surface area (Å²) in [6.45, 7) is 4.38. The minimum atomic E-state index is -1.19. The van der Waals surface area contributed by atoms with Gasteiger partial charge in [0.05, 0.1) is 12.1 Å². The Morgan fingerprint density at radius 3 is 2.40 bits per heavy atom. The minimum absolute atomic E-state index is 0.125. The molecule has 0 aliphatic carbocycles. The van der Waals surface area contributed by atoms with Crippen molar-refractivity contribution < 1.29 is 48.5 Å². The van der Waals surface area contributed by atoms with Gasteiger partial charge in [-0.3, -0.25) is 19.2 Å². The molecule has 0 bridgehead atoms. The Labute approximate surface area is 259 Å². The highest BCUT2D eigenvalue weighted by Crippen LogP contribution is 2.27. The number of carbonyl (C=O) groups is 6. The summed E-state index contributed by atoms with van der Waals surface area (Å²) >= 11 is 0. The molecule has 0 unspecified atom stereocenters. The second kappa shape index (κ2) is 14.7. The van der Waals surface area contributed by atoms with E-state index in [0.29, 0.717) is 30.3 Å². The van der Waals surface area contributed by atoms with Crippen LogP contribution in [0.5, 0.6) is 5.75 Å². The molecule has 15 heteroatoms. The zero-order valence-corrected chi connectivity index (χ0v) is 25.2. The van der Waals surface area contributed by atoms with E-state index < -0.39 is 54.4 Å². The van der Waals surface area contributed by atoms with Crippen LogP contribution in [-0.2, 0) is 23.9 Å². The van der Waals surface area contributed by atoms with E-state index in [1.54, 1.807) is 19.1 Å². The number of fused-ring (bicyclic) bond motifs is 1. The lowest BCUT2D eigenvalue weighted by atomic mass is 10.1. The molecule has 2 fully saturated rings. The topological polar surface area (TPSA) is 196 Å². The third kappa shape index (κ3) is 8.16. The molecule has 45 heavy (non-hydrogen) atoms. The number of aliphatic carboxylic acids is 2. The molecule has 2 aromatic rings. The highest BCUT2D eigenvalue weighted by molar-refractivity contribution is 5.99. The molecule has 1 aromatic heterocycles. The molecule has 0 spiro atoms. The number of hydrogen-bond acceptors (Lipinski definition) is 9. The van der Waals surface area contributed by atoms with Gasteiger partial charge in [0.25, 0.3) is 11.8 Å². The molecule has 242 valence electrons. The smallest absolute Gasteiger partial charge is 0.409 e. The number of nitrogens with zero attached hydrogens (tertiary/aromatic N) is 4. The van der Waals surface area contributed by atoms with E-state index in [2.05, 4.69) is 10.3 Å². The SMILES string of the molecule is CCOC(=O)N1CCN(C(=O)[C@H](CCC(=O)O)NC(=O)c2cc(OCC(=O)N3CCC[C@H]3C(=O)O)c3ccc(C)cc3n2)CC1. The predicted molar refractivity (Wildman–Crippen MR) is 158 cm³/mol. The molecule has 2 aliphatic rings. The first-order valence-electron chi connectivity index (χ1n) is 14.8. The summed E-state index contributed by atoms with van der Waals surface area (Å²) in [5.74, 6) is -3.83. The monoisotopic (exact) mass is 627 g/mol. The molecular formula is C30H37N5O10. The number of amides is 4. The number of carboxylic acids is 2. The van der Waals surface area contributed by atoms with Crippen LogP contribution in [0.4, 0.5) is 4.79 Å². The van der Waals surface area contributed by atoms with E-state index in [9.17, 15) is 39.0 Å². The lowest BCUT2D eigenvalue weighted by Crippen LogP contribution is -2.56. The van der Waals surface area contributed by atoms with Crippen molar-refractivity contribution in [2.45, 2.75) is 51.6 Å². The standard InChI is InChI=1S/C30H37N5O10/c1-3-44-30(43)34-13-11-33(12-14-34)28(40)20(8-9-26(37)38)32-27(39)22-16-24(19-7-6-18(2)15-21(19)31-22)45-17-25(36)35-10-4-5-23(35)29(41)42/h6-7,15-16,20,23H,3-5,8-14,17H2,1-2H3,(H,32,39)(H,37,38)(H,41,42)/t20-,23-/m0/s1. The fraction of sp³-hybridized carbons (Fsp3) is 0.500. The Kier molecular flexibility index (Phi) is 10.8.